The molecule has 1 atom stereocenters. The van der Waals surface area contributed by atoms with Crippen molar-refractivity contribution in [2.24, 2.45) is 0 Å². The molecule has 0 aromatic heterocycles. The molecule has 0 saturated carbocycles. The van der Waals surface area contributed by atoms with Gasteiger partial charge in [-0.2, -0.15) is 0 Å². The predicted molar refractivity (Wildman–Crippen MR) is 70.8 cm³/mol. The first kappa shape index (κ1) is 16.0. The molecule has 1 radical (unpaired) electrons. The van der Waals surface area contributed by atoms with Gasteiger partial charge in [0.05, 0.1) is 5.75 Å². The fourth-order valence-corrected chi connectivity index (χ4v) is 3.50. The minimum Gasteiger partial charge on any atom is -0.306 e. The number of hydrogen-bond donors (Lipinski definition) is 1. The molecule has 1 N–H and O–H groups in total. The van der Waals surface area contributed by atoms with Crippen molar-refractivity contribution in [2.75, 3.05) is 11.5 Å². The molecule has 0 aliphatic rings. The Labute approximate surface area is 123 Å². The summed E-state index contributed by atoms with van der Waals surface area (Å²) in [5.41, 5.74) is 0. The quantitative estimate of drug-likeness (QED) is 0.373. The third-order valence-electron chi connectivity index (χ3n) is 1.44. The van der Waals surface area contributed by atoms with Gasteiger partial charge in [0, 0.05) is 40.2 Å². The summed E-state index contributed by atoms with van der Waals surface area (Å²) in [6, 6.07) is 10.1. The van der Waals surface area contributed by atoms with Crippen LogP contribution < -0.4 is 0 Å². The molecule has 0 aliphatic carbocycles. The van der Waals surface area contributed by atoms with E-state index in [2.05, 4.69) is 12.1 Å². The smallest absolute Gasteiger partial charge is 0.152 e. The Balaban J connectivity index is 0.00000196. The van der Waals surface area contributed by atoms with E-state index in [0.29, 0.717) is 5.75 Å². The van der Waals surface area contributed by atoms with Crippen molar-refractivity contribution in [3.8, 4) is 0 Å². The topological polar surface area (TPSA) is 37.3 Å². The molecular formula is C9H12NaO2S3. The number of hydrogen-bond acceptors (Lipinski definition) is 3. The second-order valence-corrected chi connectivity index (χ2v) is 6.14. The zero-order valence-electron chi connectivity index (χ0n) is 8.59. The number of rotatable bonds is 6. The van der Waals surface area contributed by atoms with Crippen LogP contribution in [-0.2, 0) is 11.1 Å². The van der Waals surface area contributed by atoms with Gasteiger partial charge in [-0.3, -0.25) is 0 Å². The van der Waals surface area contributed by atoms with Gasteiger partial charge in [-0.15, -0.1) is 0 Å². The molecule has 1 aromatic rings. The first-order valence-corrected chi connectivity index (χ1v) is 7.80. The molecule has 0 fully saturated rings. The van der Waals surface area contributed by atoms with Crippen molar-refractivity contribution in [3.05, 3.63) is 30.3 Å². The molecule has 0 saturated heterocycles. The van der Waals surface area contributed by atoms with Crippen molar-refractivity contribution in [3.63, 3.8) is 0 Å². The summed E-state index contributed by atoms with van der Waals surface area (Å²) in [7, 11) is 3.43. The molecule has 15 heavy (non-hydrogen) atoms. The van der Waals surface area contributed by atoms with E-state index < -0.39 is 11.1 Å². The Kier molecular flexibility index (Phi) is 10.9. The van der Waals surface area contributed by atoms with Gasteiger partial charge < -0.3 is 4.55 Å². The standard InChI is InChI=1S/C9H12O2S3.Na/c10-14(11)8-4-7-12-13-9-5-2-1-3-6-9;/h1-3,5-6H,4,7-8H2,(H,10,11);. The van der Waals surface area contributed by atoms with Crippen molar-refractivity contribution >= 4 is 62.2 Å². The SMILES string of the molecule is O=S(O)CCCSSc1ccccc1.[Na]. The summed E-state index contributed by atoms with van der Waals surface area (Å²) in [6.07, 6.45) is 0.785. The Hall–Kier alpha value is 1.03. The van der Waals surface area contributed by atoms with Gasteiger partial charge in [0.15, 0.2) is 11.1 Å². The fraction of sp³-hybridized carbons (Fsp3) is 0.333. The number of benzene rings is 1. The Morgan fingerprint density at radius 1 is 1.27 bits per heavy atom. The van der Waals surface area contributed by atoms with Crippen LogP contribution in [-0.4, -0.2) is 49.8 Å². The maximum absolute atomic E-state index is 10.3. The van der Waals surface area contributed by atoms with Crippen molar-refractivity contribution in [1.82, 2.24) is 0 Å². The van der Waals surface area contributed by atoms with E-state index in [4.69, 9.17) is 4.55 Å². The van der Waals surface area contributed by atoms with E-state index in [-0.39, 0.29) is 29.6 Å². The van der Waals surface area contributed by atoms with Crippen LogP contribution in [0.25, 0.3) is 0 Å². The largest absolute Gasteiger partial charge is 0.306 e. The molecule has 0 bridgehead atoms. The maximum Gasteiger partial charge on any atom is 0.152 e. The molecule has 0 spiro atoms. The average molecular weight is 271 g/mol. The van der Waals surface area contributed by atoms with Gasteiger partial charge in [-0.25, -0.2) is 4.21 Å². The van der Waals surface area contributed by atoms with Gasteiger partial charge >= 0.3 is 0 Å². The molecule has 79 valence electrons. The van der Waals surface area contributed by atoms with Gasteiger partial charge in [-0.05, 0) is 18.6 Å². The third kappa shape index (κ3) is 8.80. The molecule has 0 heterocycles. The Morgan fingerprint density at radius 2 is 1.93 bits per heavy atom. The van der Waals surface area contributed by atoms with Crippen LogP contribution in [0, 0.1) is 0 Å². The van der Waals surface area contributed by atoms with Crippen LogP contribution in [0.4, 0.5) is 0 Å². The van der Waals surface area contributed by atoms with Gasteiger partial charge in [0.1, 0.15) is 0 Å². The van der Waals surface area contributed by atoms with E-state index in [0.717, 1.165) is 12.2 Å². The summed E-state index contributed by atoms with van der Waals surface area (Å²) in [4.78, 5) is 1.22. The van der Waals surface area contributed by atoms with Gasteiger partial charge in [0.2, 0.25) is 0 Å². The molecule has 1 rings (SSSR count). The molecule has 6 heteroatoms. The zero-order chi connectivity index (χ0) is 10.2. The van der Waals surface area contributed by atoms with E-state index in [1.807, 2.05) is 18.2 Å². The first-order valence-electron chi connectivity index (χ1n) is 4.21. The monoisotopic (exact) mass is 271 g/mol. The molecule has 1 aromatic carbocycles. The van der Waals surface area contributed by atoms with E-state index in [9.17, 15) is 4.21 Å². The molecule has 2 nitrogen and oxygen atoms in total. The van der Waals surface area contributed by atoms with Gasteiger partial charge in [-0.1, -0.05) is 39.8 Å². The summed E-state index contributed by atoms with van der Waals surface area (Å²) in [5.74, 6) is 1.29. The fourth-order valence-electron chi connectivity index (χ4n) is 0.827. The summed E-state index contributed by atoms with van der Waals surface area (Å²) in [5, 5.41) is 0. The molecule has 1 unspecified atom stereocenters. The van der Waals surface area contributed by atoms with E-state index in [1.54, 1.807) is 21.6 Å². The second-order valence-electron chi connectivity index (χ2n) is 2.60. The van der Waals surface area contributed by atoms with Crippen LogP contribution in [0.3, 0.4) is 0 Å². The average Bonchev–Trinajstić information content (AvgIpc) is 2.18. The van der Waals surface area contributed by atoms with Gasteiger partial charge in [0.25, 0.3) is 0 Å². The molecule has 0 amide bonds. The van der Waals surface area contributed by atoms with Crippen molar-refractivity contribution in [1.29, 1.82) is 0 Å². The van der Waals surface area contributed by atoms with Crippen molar-refractivity contribution < 1.29 is 8.76 Å². The minimum absolute atomic E-state index is 0. The second kappa shape index (κ2) is 10.2. The zero-order valence-corrected chi connectivity index (χ0v) is 13.0. The van der Waals surface area contributed by atoms with Crippen molar-refractivity contribution in [2.45, 2.75) is 11.3 Å². The Bertz CT molecular complexity index is 282. The van der Waals surface area contributed by atoms with Crippen LogP contribution in [0.1, 0.15) is 6.42 Å². The van der Waals surface area contributed by atoms with Crippen LogP contribution in [0.2, 0.25) is 0 Å². The summed E-state index contributed by atoms with van der Waals surface area (Å²) < 4.78 is 18.9. The van der Waals surface area contributed by atoms with E-state index in [1.165, 1.54) is 4.90 Å². The predicted octanol–water partition coefficient (Wildman–Crippen LogP) is 2.66. The maximum atomic E-state index is 10.3. The Morgan fingerprint density at radius 3 is 2.53 bits per heavy atom. The minimum atomic E-state index is -1.64. The molecular weight excluding hydrogens is 259 g/mol. The van der Waals surface area contributed by atoms with Crippen LogP contribution >= 0.6 is 21.6 Å². The van der Waals surface area contributed by atoms with Crippen LogP contribution in [0.5, 0.6) is 0 Å². The summed E-state index contributed by atoms with van der Waals surface area (Å²) >= 11 is -1.64. The first-order chi connectivity index (χ1) is 6.79. The van der Waals surface area contributed by atoms with E-state index >= 15 is 0 Å². The molecule has 0 aliphatic heterocycles. The van der Waals surface area contributed by atoms with Crippen LogP contribution in [0.15, 0.2) is 35.2 Å². The normalized spacial score (nSPS) is 11.8. The third-order valence-corrected chi connectivity index (χ3v) is 4.55. The summed E-state index contributed by atoms with van der Waals surface area (Å²) in [6.45, 7) is 0.